The summed E-state index contributed by atoms with van der Waals surface area (Å²) in [5, 5.41) is 3.00. The molecule has 1 amide bonds. The molecule has 5 heteroatoms. The zero-order valence-corrected chi connectivity index (χ0v) is 17.0. The number of nitrogens with zero attached hydrogens (tertiary/aromatic N) is 1. The fourth-order valence-corrected chi connectivity index (χ4v) is 3.07. The second-order valence-electron chi connectivity index (χ2n) is 6.65. The van der Waals surface area contributed by atoms with E-state index in [9.17, 15) is 4.79 Å². The maximum absolute atomic E-state index is 12.5. The lowest BCUT2D eigenvalue weighted by molar-refractivity contribution is -0.117. The van der Waals surface area contributed by atoms with Gasteiger partial charge in [0.15, 0.2) is 11.5 Å². The van der Waals surface area contributed by atoms with Gasteiger partial charge in [0.1, 0.15) is 0 Å². The maximum Gasteiger partial charge on any atom is 0.238 e. The van der Waals surface area contributed by atoms with E-state index < -0.39 is 0 Å². The number of hydrogen-bond acceptors (Lipinski definition) is 4. The molecule has 146 valence electrons. The van der Waals surface area contributed by atoms with Crippen molar-refractivity contribution in [3.05, 3.63) is 53.1 Å². The average molecular weight is 370 g/mol. The lowest BCUT2D eigenvalue weighted by Crippen LogP contribution is -2.32. The predicted octanol–water partition coefficient (Wildman–Crippen LogP) is 4.17. The van der Waals surface area contributed by atoms with Crippen LogP contribution in [0.4, 0.5) is 5.69 Å². The number of carbonyl (C=O) groups excluding carboxylic acids is 1. The molecule has 27 heavy (non-hydrogen) atoms. The van der Waals surface area contributed by atoms with Gasteiger partial charge in [0.25, 0.3) is 0 Å². The first kappa shape index (κ1) is 20.8. The van der Waals surface area contributed by atoms with Crippen molar-refractivity contribution in [2.45, 2.75) is 34.2 Å². The van der Waals surface area contributed by atoms with E-state index in [1.165, 1.54) is 0 Å². The first-order chi connectivity index (χ1) is 12.9. The number of benzene rings is 2. The normalized spacial score (nSPS) is 10.7. The van der Waals surface area contributed by atoms with E-state index in [-0.39, 0.29) is 5.91 Å². The fraction of sp³-hybridized carbons (Fsp3) is 0.409. The highest BCUT2D eigenvalue weighted by Crippen LogP contribution is 2.28. The first-order valence-corrected chi connectivity index (χ1v) is 9.35. The summed E-state index contributed by atoms with van der Waals surface area (Å²) in [6, 6.07) is 12.0. The monoisotopic (exact) mass is 370 g/mol. The SMILES string of the molecule is CCOc1ccc(CN(CC)CC(=O)Nc2cc(C)cc(C)c2)cc1OC. The smallest absolute Gasteiger partial charge is 0.238 e. The Labute approximate surface area is 162 Å². The van der Waals surface area contributed by atoms with Crippen LogP contribution in [0.15, 0.2) is 36.4 Å². The van der Waals surface area contributed by atoms with Gasteiger partial charge in [-0.15, -0.1) is 0 Å². The van der Waals surface area contributed by atoms with Crippen molar-refractivity contribution >= 4 is 11.6 Å². The molecule has 0 aromatic heterocycles. The number of likely N-dealkylation sites (N-methyl/N-ethyl adjacent to an activating group) is 1. The van der Waals surface area contributed by atoms with Crippen molar-refractivity contribution in [3.63, 3.8) is 0 Å². The van der Waals surface area contributed by atoms with Crippen LogP contribution in [0.1, 0.15) is 30.5 Å². The summed E-state index contributed by atoms with van der Waals surface area (Å²) in [5.74, 6) is 1.43. The predicted molar refractivity (Wildman–Crippen MR) is 110 cm³/mol. The minimum Gasteiger partial charge on any atom is -0.493 e. The van der Waals surface area contributed by atoms with E-state index in [2.05, 4.69) is 23.2 Å². The molecule has 5 nitrogen and oxygen atoms in total. The van der Waals surface area contributed by atoms with Crippen molar-refractivity contribution in [1.29, 1.82) is 0 Å². The van der Waals surface area contributed by atoms with Crippen molar-refractivity contribution < 1.29 is 14.3 Å². The Morgan fingerprint density at radius 3 is 2.33 bits per heavy atom. The van der Waals surface area contributed by atoms with Gasteiger partial charge in [-0.3, -0.25) is 9.69 Å². The molecular formula is C22H30N2O3. The van der Waals surface area contributed by atoms with Gasteiger partial charge in [0.05, 0.1) is 20.3 Å². The summed E-state index contributed by atoms with van der Waals surface area (Å²) in [7, 11) is 1.64. The van der Waals surface area contributed by atoms with Crippen LogP contribution < -0.4 is 14.8 Å². The number of methoxy groups -OCH3 is 1. The topological polar surface area (TPSA) is 50.8 Å². The van der Waals surface area contributed by atoms with Crippen LogP contribution in [0.2, 0.25) is 0 Å². The van der Waals surface area contributed by atoms with Gasteiger partial charge in [-0.05, 0) is 68.3 Å². The second-order valence-corrected chi connectivity index (χ2v) is 6.65. The summed E-state index contributed by atoms with van der Waals surface area (Å²) >= 11 is 0. The number of nitrogens with one attached hydrogen (secondary N) is 1. The largest absolute Gasteiger partial charge is 0.493 e. The highest BCUT2D eigenvalue weighted by Gasteiger charge is 2.12. The number of ether oxygens (including phenoxy) is 2. The zero-order chi connectivity index (χ0) is 19.8. The van der Waals surface area contributed by atoms with Crippen LogP contribution in [-0.2, 0) is 11.3 Å². The molecule has 0 saturated carbocycles. The first-order valence-electron chi connectivity index (χ1n) is 9.35. The number of hydrogen-bond donors (Lipinski definition) is 1. The van der Waals surface area contributed by atoms with Crippen LogP contribution in [0.5, 0.6) is 11.5 Å². The average Bonchev–Trinajstić information content (AvgIpc) is 2.61. The number of anilines is 1. The molecule has 0 aliphatic heterocycles. The standard InChI is InChI=1S/C22H30N2O3/c1-6-24(14-18-8-9-20(27-7-2)21(13-18)26-5)15-22(25)23-19-11-16(3)10-17(4)12-19/h8-13H,6-7,14-15H2,1-5H3,(H,23,25). The van der Waals surface area contributed by atoms with Gasteiger partial charge in [-0.25, -0.2) is 0 Å². The highest BCUT2D eigenvalue weighted by atomic mass is 16.5. The minimum absolute atomic E-state index is 0.0141. The summed E-state index contributed by atoms with van der Waals surface area (Å²) in [6.45, 7) is 10.4. The van der Waals surface area contributed by atoms with Crippen LogP contribution in [0.25, 0.3) is 0 Å². The second kappa shape index (κ2) is 9.97. The Kier molecular flexibility index (Phi) is 7.67. The van der Waals surface area contributed by atoms with Crippen molar-refractivity contribution in [2.24, 2.45) is 0 Å². The third-order valence-electron chi connectivity index (χ3n) is 4.25. The molecule has 0 unspecified atom stereocenters. The van der Waals surface area contributed by atoms with Gasteiger partial charge >= 0.3 is 0 Å². The molecular weight excluding hydrogens is 340 g/mol. The molecule has 2 aromatic rings. The van der Waals surface area contributed by atoms with Gasteiger partial charge in [0.2, 0.25) is 5.91 Å². The Morgan fingerprint density at radius 1 is 1.04 bits per heavy atom. The molecule has 1 N–H and O–H groups in total. The summed E-state index contributed by atoms with van der Waals surface area (Å²) in [6.07, 6.45) is 0. The molecule has 0 saturated heterocycles. The lowest BCUT2D eigenvalue weighted by Gasteiger charge is -2.21. The minimum atomic E-state index is -0.0141. The fourth-order valence-electron chi connectivity index (χ4n) is 3.07. The number of rotatable bonds is 9. The maximum atomic E-state index is 12.5. The Balaban J connectivity index is 2.01. The molecule has 2 rings (SSSR count). The van der Waals surface area contributed by atoms with Crippen LogP contribution in [0.3, 0.4) is 0 Å². The van der Waals surface area contributed by atoms with Crippen molar-refractivity contribution in [3.8, 4) is 11.5 Å². The molecule has 0 bridgehead atoms. The van der Waals surface area contributed by atoms with Crippen LogP contribution >= 0.6 is 0 Å². The van der Waals surface area contributed by atoms with Gasteiger partial charge in [0, 0.05) is 12.2 Å². The zero-order valence-electron chi connectivity index (χ0n) is 17.0. The van der Waals surface area contributed by atoms with E-state index in [1.54, 1.807) is 7.11 Å². The third-order valence-corrected chi connectivity index (χ3v) is 4.25. The van der Waals surface area contributed by atoms with Crippen LogP contribution in [0, 0.1) is 13.8 Å². The van der Waals surface area contributed by atoms with E-state index in [0.29, 0.717) is 25.4 Å². The summed E-state index contributed by atoms with van der Waals surface area (Å²) in [4.78, 5) is 14.5. The number of amides is 1. The van der Waals surface area contributed by atoms with Gasteiger partial charge in [-0.2, -0.15) is 0 Å². The third kappa shape index (κ3) is 6.29. The molecule has 0 radical (unpaired) electrons. The number of carbonyl (C=O) groups is 1. The molecule has 0 atom stereocenters. The highest BCUT2D eigenvalue weighted by molar-refractivity contribution is 5.92. The van der Waals surface area contributed by atoms with E-state index >= 15 is 0 Å². The number of aryl methyl sites for hydroxylation is 2. The molecule has 0 aliphatic rings. The summed E-state index contributed by atoms with van der Waals surface area (Å²) in [5.41, 5.74) is 4.20. The molecule has 0 fully saturated rings. The molecule has 2 aromatic carbocycles. The molecule has 0 aliphatic carbocycles. The van der Waals surface area contributed by atoms with E-state index in [4.69, 9.17) is 9.47 Å². The van der Waals surface area contributed by atoms with E-state index in [1.807, 2.05) is 51.1 Å². The van der Waals surface area contributed by atoms with Gasteiger partial charge < -0.3 is 14.8 Å². The Bertz CT molecular complexity index is 754. The summed E-state index contributed by atoms with van der Waals surface area (Å²) < 4.78 is 11.0. The lowest BCUT2D eigenvalue weighted by atomic mass is 10.1. The molecule has 0 spiro atoms. The van der Waals surface area contributed by atoms with Crippen molar-refractivity contribution in [1.82, 2.24) is 4.90 Å². The van der Waals surface area contributed by atoms with Crippen LogP contribution in [-0.4, -0.2) is 37.6 Å². The molecule has 0 heterocycles. The van der Waals surface area contributed by atoms with Crippen molar-refractivity contribution in [2.75, 3.05) is 32.1 Å². The Hall–Kier alpha value is -2.53. The van der Waals surface area contributed by atoms with E-state index in [0.717, 1.165) is 34.7 Å². The Morgan fingerprint density at radius 2 is 1.74 bits per heavy atom. The van der Waals surface area contributed by atoms with Gasteiger partial charge in [-0.1, -0.05) is 19.1 Å². The quantitative estimate of drug-likeness (QED) is 0.720.